The Morgan fingerprint density at radius 1 is 1.33 bits per heavy atom. The van der Waals surface area contributed by atoms with Gasteiger partial charge < -0.3 is 20.5 Å². The number of aliphatic hydroxyl groups is 1. The average Bonchev–Trinajstić information content (AvgIpc) is 2.08. The fourth-order valence-corrected chi connectivity index (χ4v) is 0. The highest BCUT2D eigenvalue weighted by Crippen LogP contribution is 2.03. The Kier molecular flexibility index (Phi) is 72.5. The van der Waals surface area contributed by atoms with E-state index in [0.29, 0.717) is 6.42 Å². The molecule has 0 aliphatic carbocycles. The van der Waals surface area contributed by atoms with Crippen molar-refractivity contribution < 1.29 is 25.3 Å². The SMILES string of the molecule is CCC(C)=O.CO.ClC(Cl)Cl.O.O=CO. The molecule has 0 rings (SSSR count). The lowest BCUT2D eigenvalue weighted by Crippen LogP contribution is -1.80. The summed E-state index contributed by atoms with van der Waals surface area (Å²) in [5.41, 5.74) is 0. The molecule has 0 aromatic carbocycles. The van der Waals surface area contributed by atoms with Crippen molar-refractivity contribution in [2.75, 3.05) is 7.11 Å². The molecule has 0 aliphatic heterocycles. The zero-order valence-corrected chi connectivity index (χ0v) is 11.0. The van der Waals surface area contributed by atoms with Gasteiger partial charge in [-0.2, -0.15) is 0 Å². The fraction of sp³-hybridized carbons (Fsp3) is 0.714. The predicted octanol–water partition coefficient (Wildman–Crippen LogP) is 1.46. The van der Waals surface area contributed by atoms with Gasteiger partial charge in [0, 0.05) is 13.5 Å². The van der Waals surface area contributed by atoms with Crippen LogP contribution in [0.1, 0.15) is 20.3 Å². The highest BCUT2D eigenvalue weighted by atomic mass is 35.6. The van der Waals surface area contributed by atoms with Crippen LogP contribution in [0.2, 0.25) is 0 Å². The molecule has 0 saturated heterocycles. The van der Waals surface area contributed by atoms with Crippen molar-refractivity contribution in [3.63, 3.8) is 0 Å². The quantitative estimate of drug-likeness (QED) is 0.562. The zero-order chi connectivity index (χ0) is 12.6. The van der Waals surface area contributed by atoms with E-state index in [2.05, 4.69) is 0 Å². The maximum absolute atomic E-state index is 9.81. The van der Waals surface area contributed by atoms with Crippen LogP contribution in [-0.2, 0) is 9.59 Å². The van der Waals surface area contributed by atoms with Crippen LogP contribution in [-0.4, -0.2) is 39.3 Å². The molecule has 0 heterocycles. The molecule has 0 amide bonds. The van der Waals surface area contributed by atoms with Gasteiger partial charge in [0.05, 0.1) is 0 Å². The highest BCUT2D eigenvalue weighted by Gasteiger charge is 1.79. The molecule has 0 fully saturated rings. The van der Waals surface area contributed by atoms with E-state index in [1.165, 1.54) is 0 Å². The smallest absolute Gasteiger partial charge is 0.290 e. The van der Waals surface area contributed by atoms with Gasteiger partial charge in [0.2, 0.25) is 0 Å². The van der Waals surface area contributed by atoms with Crippen LogP contribution in [0.4, 0.5) is 0 Å². The molecule has 8 heteroatoms. The van der Waals surface area contributed by atoms with Crippen LogP contribution >= 0.6 is 34.8 Å². The van der Waals surface area contributed by atoms with E-state index in [9.17, 15) is 4.79 Å². The van der Waals surface area contributed by atoms with Crippen LogP contribution in [0.3, 0.4) is 0 Å². The second-order valence-electron chi connectivity index (χ2n) is 1.41. The first-order valence-electron chi connectivity index (χ1n) is 3.36. The molecular weight excluding hydrogens is 270 g/mol. The summed E-state index contributed by atoms with van der Waals surface area (Å²) in [5, 5.41) is 13.9. The second kappa shape index (κ2) is 37.0. The van der Waals surface area contributed by atoms with Gasteiger partial charge in [-0.1, -0.05) is 41.7 Å². The van der Waals surface area contributed by atoms with Crippen molar-refractivity contribution in [3.05, 3.63) is 0 Å². The summed E-state index contributed by atoms with van der Waals surface area (Å²) in [6, 6.07) is 0. The number of carbonyl (C=O) groups excluding carboxylic acids is 1. The van der Waals surface area contributed by atoms with Crippen LogP contribution in [0.5, 0.6) is 0 Å². The molecule has 0 saturated carbocycles. The van der Waals surface area contributed by atoms with Gasteiger partial charge in [-0.3, -0.25) is 4.79 Å². The minimum Gasteiger partial charge on any atom is -0.483 e. The number of Topliss-reactive ketones (excluding diaryl/α,β-unsaturated/α-hetero) is 1. The molecule has 15 heavy (non-hydrogen) atoms. The number of halogens is 3. The van der Waals surface area contributed by atoms with Crippen LogP contribution in [0.15, 0.2) is 0 Å². The molecule has 0 radical (unpaired) electrons. The standard InChI is InChI=1S/C4H8O.CHCl3.CH2O2.CH4O.H2O/c1-3-4(2)5;2-1(3)4;2-1-3;1-2;/h3H2,1-2H3;1H;1H,(H,2,3);2H,1H3;1H2. The summed E-state index contributed by atoms with van der Waals surface area (Å²) in [6.45, 7) is 3.18. The summed E-state index contributed by atoms with van der Waals surface area (Å²) in [5.74, 6) is 0.255. The Morgan fingerprint density at radius 3 is 1.40 bits per heavy atom. The second-order valence-corrected chi connectivity index (χ2v) is 3.39. The third kappa shape index (κ3) is 532. The van der Waals surface area contributed by atoms with Crippen LogP contribution < -0.4 is 0 Å². The molecule has 0 bridgehead atoms. The first kappa shape index (κ1) is 29.4. The Labute approximate surface area is 104 Å². The van der Waals surface area contributed by atoms with E-state index in [-0.39, 0.29) is 17.7 Å². The summed E-state index contributed by atoms with van der Waals surface area (Å²) < 4.78 is -0.750. The molecule has 0 atom stereocenters. The van der Waals surface area contributed by atoms with Gasteiger partial charge in [-0.25, -0.2) is 0 Å². The van der Waals surface area contributed by atoms with Gasteiger partial charge in [0.15, 0.2) is 4.30 Å². The van der Waals surface area contributed by atoms with Crippen molar-refractivity contribution in [1.29, 1.82) is 0 Å². The average molecular weight is 288 g/mol. The first-order chi connectivity index (χ1) is 6.42. The largest absolute Gasteiger partial charge is 0.483 e. The number of hydrogen-bond donors (Lipinski definition) is 2. The monoisotopic (exact) mass is 286 g/mol. The number of hydrogen-bond acceptors (Lipinski definition) is 3. The lowest BCUT2D eigenvalue weighted by molar-refractivity contribution is -0.123. The number of carboxylic acid groups (broad SMARTS) is 1. The van der Waals surface area contributed by atoms with E-state index in [1.807, 2.05) is 6.92 Å². The maximum atomic E-state index is 9.81. The van der Waals surface area contributed by atoms with Crippen molar-refractivity contribution in [2.24, 2.45) is 0 Å². The van der Waals surface area contributed by atoms with E-state index in [1.54, 1.807) is 6.92 Å². The number of carbonyl (C=O) groups is 2. The third-order valence-electron chi connectivity index (χ3n) is 0.498. The minimum atomic E-state index is -0.750. The summed E-state index contributed by atoms with van der Waals surface area (Å²) in [4.78, 5) is 18.2. The van der Waals surface area contributed by atoms with Crippen molar-refractivity contribution >= 4 is 47.1 Å². The molecule has 0 aliphatic rings. The molecule has 5 nitrogen and oxygen atoms in total. The Hall–Kier alpha value is -0.0700. The summed E-state index contributed by atoms with van der Waals surface area (Å²) in [6.07, 6.45) is 0.667. The first-order valence-corrected chi connectivity index (χ1v) is 4.67. The van der Waals surface area contributed by atoms with Gasteiger partial charge >= 0.3 is 0 Å². The van der Waals surface area contributed by atoms with E-state index in [4.69, 9.17) is 49.8 Å². The zero-order valence-electron chi connectivity index (χ0n) is 8.71. The fourth-order valence-electron chi connectivity index (χ4n) is 0. The molecule has 0 spiro atoms. The highest BCUT2D eigenvalue weighted by molar-refractivity contribution is 6.63. The third-order valence-corrected chi connectivity index (χ3v) is 0.498. The molecule has 4 N–H and O–H groups in total. The lowest BCUT2D eigenvalue weighted by Gasteiger charge is -1.71. The number of alkyl halides is 3. The minimum absolute atomic E-state index is 0. The molecule has 0 aromatic heterocycles. The molecule has 0 unspecified atom stereocenters. The number of ketones is 1. The molecule has 96 valence electrons. The topological polar surface area (TPSA) is 106 Å². The van der Waals surface area contributed by atoms with Gasteiger partial charge in [0.25, 0.3) is 6.47 Å². The summed E-state index contributed by atoms with van der Waals surface area (Å²) in [7, 11) is 1.00. The Morgan fingerprint density at radius 2 is 1.40 bits per heavy atom. The van der Waals surface area contributed by atoms with Crippen molar-refractivity contribution in [1.82, 2.24) is 0 Å². The molecular formula is C7H17Cl3O5. The lowest BCUT2D eigenvalue weighted by atomic mass is 10.4. The maximum Gasteiger partial charge on any atom is 0.290 e. The van der Waals surface area contributed by atoms with Gasteiger partial charge in [-0.15, -0.1) is 0 Å². The van der Waals surface area contributed by atoms with E-state index in [0.717, 1.165) is 7.11 Å². The van der Waals surface area contributed by atoms with Crippen LogP contribution in [0.25, 0.3) is 0 Å². The van der Waals surface area contributed by atoms with Crippen molar-refractivity contribution in [2.45, 2.75) is 24.6 Å². The normalized spacial score (nSPS) is 6.13. The Bertz CT molecular complexity index is 108. The van der Waals surface area contributed by atoms with Crippen LogP contribution in [0, 0.1) is 0 Å². The van der Waals surface area contributed by atoms with E-state index >= 15 is 0 Å². The van der Waals surface area contributed by atoms with Gasteiger partial charge in [-0.05, 0) is 6.92 Å². The van der Waals surface area contributed by atoms with Gasteiger partial charge in [0.1, 0.15) is 5.78 Å². The predicted molar refractivity (Wildman–Crippen MR) is 62.8 cm³/mol. The molecule has 0 aromatic rings. The number of aliphatic hydroxyl groups excluding tert-OH is 1. The van der Waals surface area contributed by atoms with Crippen molar-refractivity contribution in [3.8, 4) is 0 Å². The van der Waals surface area contributed by atoms with E-state index < -0.39 is 4.30 Å². The Balaban J connectivity index is -0.0000000305. The summed E-state index contributed by atoms with van der Waals surface area (Å²) >= 11 is 14.4. The number of rotatable bonds is 1.